The largest absolute Gasteiger partial charge is 0.454 e. The van der Waals surface area contributed by atoms with Gasteiger partial charge in [-0.1, -0.05) is 11.8 Å². The summed E-state index contributed by atoms with van der Waals surface area (Å²) >= 11 is 1.31. The number of nitrogens with zero attached hydrogens (tertiary/aromatic N) is 3. The maximum absolute atomic E-state index is 12.4. The molecule has 27 heavy (non-hydrogen) atoms. The van der Waals surface area contributed by atoms with Crippen molar-refractivity contribution >= 4 is 27.4 Å². The van der Waals surface area contributed by atoms with Crippen molar-refractivity contribution in [3.63, 3.8) is 0 Å². The third kappa shape index (κ3) is 3.96. The van der Waals surface area contributed by atoms with Gasteiger partial charge in [-0.3, -0.25) is 4.79 Å². The molecule has 1 aromatic carbocycles. The highest BCUT2D eigenvalue weighted by atomic mass is 32.2. The number of hydrogen-bond donors (Lipinski definition) is 0. The van der Waals surface area contributed by atoms with Gasteiger partial charge in [0.1, 0.15) is 5.82 Å². The topological polar surface area (TPSA) is 100 Å². The quantitative estimate of drug-likeness (QED) is 0.523. The van der Waals surface area contributed by atoms with Crippen LogP contribution in [0.4, 0.5) is 0 Å². The van der Waals surface area contributed by atoms with Crippen LogP contribution in [0.2, 0.25) is 0 Å². The van der Waals surface area contributed by atoms with Crippen LogP contribution in [-0.2, 0) is 23.3 Å². The fourth-order valence-corrected chi connectivity index (χ4v) is 5.91. The highest BCUT2D eigenvalue weighted by molar-refractivity contribution is 7.99. The van der Waals surface area contributed by atoms with Crippen LogP contribution >= 0.6 is 11.8 Å². The molecule has 10 heteroatoms. The van der Waals surface area contributed by atoms with Crippen LogP contribution in [-0.4, -0.2) is 53.0 Å². The van der Waals surface area contributed by atoms with Crippen molar-refractivity contribution in [2.75, 3.05) is 24.1 Å². The van der Waals surface area contributed by atoms with E-state index in [1.165, 1.54) is 11.8 Å². The fourth-order valence-electron chi connectivity index (χ4n) is 3.22. The third-order valence-corrected chi connectivity index (χ3v) is 7.61. The van der Waals surface area contributed by atoms with E-state index in [9.17, 15) is 13.2 Å². The zero-order valence-electron chi connectivity index (χ0n) is 14.8. The van der Waals surface area contributed by atoms with E-state index in [-0.39, 0.29) is 35.8 Å². The predicted molar refractivity (Wildman–Crippen MR) is 99.1 cm³/mol. The molecule has 0 bridgehead atoms. The van der Waals surface area contributed by atoms with Crippen LogP contribution in [0.3, 0.4) is 0 Å². The van der Waals surface area contributed by atoms with Gasteiger partial charge in [-0.2, -0.15) is 0 Å². The summed E-state index contributed by atoms with van der Waals surface area (Å²) < 4.78 is 35.6. The predicted octanol–water partition coefficient (Wildman–Crippen LogP) is 1.50. The number of carbonyl (C=O) groups is 1. The number of rotatable bonds is 6. The van der Waals surface area contributed by atoms with Crippen LogP contribution in [0, 0.1) is 5.92 Å². The number of ketones is 1. The second-order valence-electron chi connectivity index (χ2n) is 6.71. The lowest BCUT2D eigenvalue weighted by Gasteiger charge is -2.07. The maximum atomic E-state index is 12.4. The molecule has 1 saturated heterocycles. The van der Waals surface area contributed by atoms with Crippen molar-refractivity contribution in [3.8, 4) is 11.5 Å². The molecule has 1 atom stereocenters. The van der Waals surface area contributed by atoms with Gasteiger partial charge >= 0.3 is 0 Å². The first kappa shape index (κ1) is 18.3. The molecule has 1 aromatic heterocycles. The summed E-state index contributed by atoms with van der Waals surface area (Å²) in [6, 6.07) is 5.14. The number of benzene rings is 1. The minimum Gasteiger partial charge on any atom is -0.454 e. The molecule has 1 fully saturated rings. The first-order chi connectivity index (χ1) is 12.9. The Morgan fingerprint density at radius 3 is 2.89 bits per heavy atom. The van der Waals surface area contributed by atoms with E-state index in [0.29, 0.717) is 35.1 Å². The molecule has 4 rings (SSSR count). The van der Waals surface area contributed by atoms with Crippen molar-refractivity contribution in [3.05, 3.63) is 29.6 Å². The highest BCUT2D eigenvalue weighted by Gasteiger charge is 2.29. The Kier molecular flexibility index (Phi) is 4.85. The molecule has 2 aliphatic heterocycles. The van der Waals surface area contributed by atoms with Crippen molar-refractivity contribution in [1.29, 1.82) is 0 Å². The second-order valence-corrected chi connectivity index (χ2v) is 9.88. The van der Waals surface area contributed by atoms with E-state index in [2.05, 4.69) is 10.2 Å². The van der Waals surface area contributed by atoms with Gasteiger partial charge in [0.15, 0.2) is 32.3 Å². The normalized spacial score (nSPS) is 20.1. The second kappa shape index (κ2) is 7.16. The molecule has 0 N–H and O–H groups in total. The van der Waals surface area contributed by atoms with E-state index in [4.69, 9.17) is 9.47 Å². The SMILES string of the molecule is Cn1c(CC2CCS(=O)(=O)C2)nnc1SCC(=O)c1ccc2c(c1)OCO2. The number of thioether (sulfide) groups is 1. The highest BCUT2D eigenvalue weighted by Crippen LogP contribution is 2.33. The lowest BCUT2D eigenvalue weighted by atomic mass is 10.1. The van der Waals surface area contributed by atoms with Gasteiger partial charge in [0.25, 0.3) is 0 Å². The van der Waals surface area contributed by atoms with Crippen LogP contribution in [0.25, 0.3) is 0 Å². The Balaban J connectivity index is 1.37. The third-order valence-electron chi connectivity index (χ3n) is 4.75. The molecule has 0 amide bonds. The first-order valence-electron chi connectivity index (χ1n) is 8.55. The van der Waals surface area contributed by atoms with Gasteiger partial charge in [0, 0.05) is 19.0 Å². The summed E-state index contributed by atoms with van der Waals surface area (Å²) in [5.74, 6) is 2.71. The van der Waals surface area contributed by atoms with Crippen molar-refractivity contribution in [1.82, 2.24) is 14.8 Å². The molecule has 2 aliphatic rings. The Labute approximate surface area is 161 Å². The van der Waals surface area contributed by atoms with Crippen LogP contribution in [0.15, 0.2) is 23.4 Å². The smallest absolute Gasteiger partial charge is 0.231 e. The number of aromatic nitrogens is 3. The number of Topliss-reactive ketones (excluding diaryl/α,β-unsaturated/α-hetero) is 1. The number of fused-ring (bicyclic) bond motifs is 1. The van der Waals surface area contributed by atoms with Gasteiger partial charge in [-0.25, -0.2) is 8.42 Å². The minimum atomic E-state index is -2.90. The summed E-state index contributed by atoms with van der Waals surface area (Å²) in [7, 11) is -1.07. The molecule has 8 nitrogen and oxygen atoms in total. The number of sulfone groups is 1. The van der Waals surface area contributed by atoms with E-state index < -0.39 is 9.84 Å². The zero-order chi connectivity index (χ0) is 19.0. The average molecular weight is 409 g/mol. The average Bonchev–Trinajstić information content (AvgIpc) is 3.33. The van der Waals surface area contributed by atoms with E-state index in [0.717, 1.165) is 5.82 Å². The van der Waals surface area contributed by atoms with Crippen molar-refractivity contribution < 1.29 is 22.7 Å². The van der Waals surface area contributed by atoms with Crippen LogP contribution in [0.5, 0.6) is 11.5 Å². The molecular weight excluding hydrogens is 390 g/mol. The van der Waals surface area contributed by atoms with Gasteiger partial charge in [-0.05, 0) is 30.5 Å². The molecule has 1 unspecified atom stereocenters. The Hall–Kier alpha value is -2.07. The first-order valence-corrected chi connectivity index (χ1v) is 11.4. The van der Waals surface area contributed by atoms with E-state index >= 15 is 0 Å². The summed E-state index contributed by atoms with van der Waals surface area (Å²) in [5, 5.41) is 8.96. The lowest BCUT2D eigenvalue weighted by Crippen LogP contribution is -2.11. The molecule has 0 radical (unpaired) electrons. The van der Waals surface area contributed by atoms with Gasteiger partial charge in [0.05, 0.1) is 17.3 Å². The summed E-state index contributed by atoms with van der Waals surface area (Å²) in [4.78, 5) is 12.4. The molecule has 3 heterocycles. The molecule has 144 valence electrons. The van der Waals surface area contributed by atoms with Gasteiger partial charge in [0.2, 0.25) is 6.79 Å². The van der Waals surface area contributed by atoms with E-state index in [1.54, 1.807) is 18.2 Å². The van der Waals surface area contributed by atoms with E-state index in [1.807, 2.05) is 11.6 Å². The van der Waals surface area contributed by atoms with Gasteiger partial charge in [-0.15, -0.1) is 10.2 Å². The van der Waals surface area contributed by atoms with Crippen LogP contribution in [0.1, 0.15) is 22.6 Å². The number of hydrogen-bond acceptors (Lipinski definition) is 8. The fraction of sp³-hybridized carbons (Fsp3) is 0.471. The summed E-state index contributed by atoms with van der Waals surface area (Å²) in [6.45, 7) is 0.172. The number of carbonyl (C=O) groups excluding carboxylic acids is 1. The number of ether oxygens (including phenoxy) is 2. The maximum Gasteiger partial charge on any atom is 0.231 e. The van der Waals surface area contributed by atoms with Crippen molar-refractivity contribution in [2.24, 2.45) is 13.0 Å². The molecule has 0 spiro atoms. The Morgan fingerprint density at radius 2 is 2.11 bits per heavy atom. The van der Waals surface area contributed by atoms with Crippen LogP contribution < -0.4 is 9.47 Å². The molecule has 2 aromatic rings. The standard InChI is InChI=1S/C17H19N3O5S2/c1-20-16(6-11-4-5-27(22,23)9-11)18-19-17(20)26-8-13(21)12-2-3-14-15(7-12)25-10-24-14/h2-3,7,11H,4-6,8-10H2,1H3. The monoisotopic (exact) mass is 409 g/mol. The summed E-state index contributed by atoms with van der Waals surface area (Å²) in [6.07, 6.45) is 1.25. The minimum absolute atomic E-state index is 0.0373. The molecular formula is C17H19N3O5S2. The Morgan fingerprint density at radius 1 is 1.30 bits per heavy atom. The zero-order valence-corrected chi connectivity index (χ0v) is 16.4. The molecule has 0 aliphatic carbocycles. The Bertz CT molecular complexity index is 986. The van der Waals surface area contributed by atoms with Crippen molar-refractivity contribution in [2.45, 2.75) is 18.0 Å². The molecule has 0 saturated carbocycles. The van der Waals surface area contributed by atoms with Gasteiger partial charge < -0.3 is 14.0 Å². The lowest BCUT2D eigenvalue weighted by molar-refractivity contribution is 0.102. The summed E-state index contributed by atoms with van der Waals surface area (Å²) in [5.41, 5.74) is 0.560.